The first kappa shape index (κ1) is 17.1. The molecule has 0 saturated heterocycles. The lowest BCUT2D eigenvalue weighted by atomic mass is 10.0. The van der Waals surface area contributed by atoms with Crippen LogP contribution in [0.15, 0.2) is 18.2 Å². The van der Waals surface area contributed by atoms with E-state index in [0.717, 1.165) is 11.0 Å². The van der Waals surface area contributed by atoms with Crippen LogP contribution in [0.3, 0.4) is 0 Å². The summed E-state index contributed by atoms with van der Waals surface area (Å²) in [6.07, 6.45) is 0. The standard InChI is InChI=1S/C15H19F2NO3/c1-5-18(6-2)14(20)15(16,17)12-8-7-11(10(3)19)9-13(12)21-4/h7-9H,5-6H2,1-4H3. The third-order valence-electron chi connectivity index (χ3n) is 3.27. The normalized spacial score (nSPS) is 11.1. The minimum absolute atomic E-state index is 0.173. The number of hydrogen-bond acceptors (Lipinski definition) is 3. The van der Waals surface area contributed by atoms with Gasteiger partial charge in [0.05, 0.1) is 12.7 Å². The molecule has 0 saturated carbocycles. The van der Waals surface area contributed by atoms with Gasteiger partial charge in [-0.15, -0.1) is 0 Å². The molecule has 6 heteroatoms. The highest BCUT2D eigenvalue weighted by Gasteiger charge is 2.45. The van der Waals surface area contributed by atoms with Gasteiger partial charge in [0.1, 0.15) is 5.75 Å². The second-order valence-corrected chi connectivity index (χ2v) is 4.52. The summed E-state index contributed by atoms with van der Waals surface area (Å²) < 4.78 is 33.7. The van der Waals surface area contributed by atoms with Crippen molar-refractivity contribution in [3.8, 4) is 5.75 Å². The maximum absolute atomic E-state index is 14.4. The first-order chi connectivity index (χ1) is 9.79. The SMILES string of the molecule is CCN(CC)C(=O)C(F)(F)c1ccc(C(C)=O)cc1OC. The molecule has 0 atom stereocenters. The molecular weight excluding hydrogens is 280 g/mol. The third kappa shape index (κ3) is 3.37. The van der Waals surface area contributed by atoms with Crippen LogP contribution in [-0.4, -0.2) is 36.8 Å². The number of amides is 1. The van der Waals surface area contributed by atoms with Crippen molar-refractivity contribution in [1.29, 1.82) is 0 Å². The monoisotopic (exact) mass is 299 g/mol. The van der Waals surface area contributed by atoms with E-state index in [1.165, 1.54) is 26.2 Å². The van der Waals surface area contributed by atoms with Gasteiger partial charge in [-0.3, -0.25) is 9.59 Å². The van der Waals surface area contributed by atoms with Crippen LogP contribution >= 0.6 is 0 Å². The molecule has 0 radical (unpaired) electrons. The number of Topliss-reactive ketones (excluding diaryl/α,β-unsaturated/α-hetero) is 1. The van der Waals surface area contributed by atoms with E-state index in [2.05, 4.69) is 0 Å². The maximum Gasteiger partial charge on any atom is 0.353 e. The number of hydrogen-bond donors (Lipinski definition) is 0. The first-order valence-corrected chi connectivity index (χ1v) is 6.66. The van der Waals surface area contributed by atoms with Crippen molar-refractivity contribution in [2.75, 3.05) is 20.2 Å². The topological polar surface area (TPSA) is 46.6 Å². The number of likely N-dealkylation sites (N-methyl/N-ethyl adjacent to an activating group) is 1. The highest BCUT2D eigenvalue weighted by molar-refractivity contribution is 5.95. The molecule has 21 heavy (non-hydrogen) atoms. The minimum atomic E-state index is -3.70. The Kier molecular flexibility index (Phi) is 5.41. The Bertz CT molecular complexity index is 540. The Morgan fingerprint density at radius 2 is 1.81 bits per heavy atom. The fourth-order valence-corrected chi connectivity index (χ4v) is 1.99. The molecule has 0 aromatic heterocycles. The predicted octanol–water partition coefficient (Wildman–Crippen LogP) is 2.86. The van der Waals surface area contributed by atoms with E-state index in [9.17, 15) is 18.4 Å². The third-order valence-corrected chi connectivity index (χ3v) is 3.27. The number of ketones is 1. The molecule has 116 valence electrons. The predicted molar refractivity (Wildman–Crippen MR) is 74.8 cm³/mol. The molecule has 0 N–H and O–H groups in total. The lowest BCUT2D eigenvalue weighted by molar-refractivity contribution is -0.158. The molecule has 0 aliphatic heterocycles. The summed E-state index contributed by atoms with van der Waals surface area (Å²) in [7, 11) is 1.22. The zero-order valence-corrected chi connectivity index (χ0v) is 12.6. The van der Waals surface area contributed by atoms with Crippen LogP contribution < -0.4 is 4.74 Å². The van der Waals surface area contributed by atoms with Gasteiger partial charge in [0, 0.05) is 18.7 Å². The minimum Gasteiger partial charge on any atom is -0.496 e. The molecule has 0 aliphatic carbocycles. The van der Waals surface area contributed by atoms with Gasteiger partial charge in [-0.25, -0.2) is 0 Å². The van der Waals surface area contributed by atoms with E-state index in [1.54, 1.807) is 13.8 Å². The number of halogens is 2. The molecule has 1 aromatic carbocycles. The average molecular weight is 299 g/mol. The molecule has 0 aliphatic rings. The summed E-state index contributed by atoms with van der Waals surface area (Å²) in [5.74, 6) is -5.42. The largest absolute Gasteiger partial charge is 0.496 e. The fraction of sp³-hybridized carbons (Fsp3) is 0.467. The number of ether oxygens (including phenoxy) is 1. The summed E-state index contributed by atoms with van der Waals surface area (Å²) in [4.78, 5) is 24.3. The molecule has 1 aromatic rings. The Balaban J connectivity index is 3.30. The molecule has 0 heterocycles. The van der Waals surface area contributed by atoms with Gasteiger partial charge in [0.15, 0.2) is 5.78 Å². The number of alkyl halides is 2. The van der Waals surface area contributed by atoms with Crippen molar-refractivity contribution in [2.24, 2.45) is 0 Å². The molecule has 1 amide bonds. The van der Waals surface area contributed by atoms with Crippen molar-refractivity contribution >= 4 is 11.7 Å². The molecule has 0 spiro atoms. The lowest BCUT2D eigenvalue weighted by Crippen LogP contribution is -2.41. The van der Waals surface area contributed by atoms with E-state index < -0.39 is 17.4 Å². The van der Waals surface area contributed by atoms with Crippen molar-refractivity contribution in [2.45, 2.75) is 26.7 Å². The lowest BCUT2D eigenvalue weighted by Gasteiger charge is -2.26. The van der Waals surface area contributed by atoms with E-state index >= 15 is 0 Å². The second kappa shape index (κ2) is 6.65. The number of nitrogens with zero attached hydrogens (tertiary/aromatic N) is 1. The smallest absolute Gasteiger partial charge is 0.353 e. The molecule has 0 unspecified atom stereocenters. The summed E-state index contributed by atoms with van der Waals surface area (Å²) in [5.41, 5.74) is -0.284. The van der Waals surface area contributed by atoms with Crippen LogP contribution in [0.4, 0.5) is 8.78 Å². The zero-order chi connectivity index (χ0) is 16.2. The number of carbonyl (C=O) groups is 2. The Morgan fingerprint density at radius 1 is 1.24 bits per heavy atom. The molecule has 4 nitrogen and oxygen atoms in total. The van der Waals surface area contributed by atoms with Crippen LogP contribution in [0, 0.1) is 0 Å². The summed E-state index contributed by atoms with van der Waals surface area (Å²) in [6, 6.07) is 3.56. The Morgan fingerprint density at radius 3 is 2.24 bits per heavy atom. The van der Waals surface area contributed by atoms with Crippen LogP contribution in [0.5, 0.6) is 5.75 Å². The van der Waals surface area contributed by atoms with Crippen molar-refractivity contribution in [1.82, 2.24) is 4.90 Å². The Hall–Kier alpha value is -1.98. The number of carbonyl (C=O) groups excluding carboxylic acids is 2. The molecule has 0 fully saturated rings. The van der Waals surface area contributed by atoms with Gasteiger partial charge in [0.2, 0.25) is 0 Å². The van der Waals surface area contributed by atoms with E-state index in [0.29, 0.717) is 0 Å². The van der Waals surface area contributed by atoms with Crippen LogP contribution in [0.2, 0.25) is 0 Å². The fourth-order valence-electron chi connectivity index (χ4n) is 1.99. The van der Waals surface area contributed by atoms with Crippen LogP contribution in [0.1, 0.15) is 36.7 Å². The zero-order valence-electron chi connectivity index (χ0n) is 12.6. The van der Waals surface area contributed by atoms with Crippen molar-refractivity contribution < 1.29 is 23.1 Å². The average Bonchev–Trinajstić information content (AvgIpc) is 2.47. The van der Waals surface area contributed by atoms with E-state index in [-0.39, 0.29) is 30.2 Å². The summed E-state index contributed by atoms with van der Waals surface area (Å²) >= 11 is 0. The summed E-state index contributed by atoms with van der Waals surface area (Å²) in [6.45, 7) is 4.98. The van der Waals surface area contributed by atoms with Crippen LogP contribution in [0.25, 0.3) is 0 Å². The van der Waals surface area contributed by atoms with Gasteiger partial charge in [-0.05, 0) is 32.9 Å². The molecule has 1 rings (SSSR count). The first-order valence-electron chi connectivity index (χ1n) is 6.66. The quantitative estimate of drug-likeness (QED) is 0.759. The van der Waals surface area contributed by atoms with Crippen molar-refractivity contribution in [3.05, 3.63) is 29.3 Å². The van der Waals surface area contributed by atoms with Gasteiger partial charge in [-0.2, -0.15) is 8.78 Å². The molecular formula is C15H19F2NO3. The maximum atomic E-state index is 14.4. The highest BCUT2D eigenvalue weighted by Crippen LogP contribution is 2.37. The highest BCUT2D eigenvalue weighted by atomic mass is 19.3. The van der Waals surface area contributed by atoms with Crippen LogP contribution in [-0.2, 0) is 10.7 Å². The number of methoxy groups -OCH3 is 1. The second-order valence-electron chi connectivity index (χ2n) is 4.52. The van der Waals surface area contributed by atoms with Gasteiger partial charge >= 0.3 is 5.92 Å². The number of rotatable bonds is 6. The summed E-state index contributed by atoms with van der Waals surface area (Å²) in [5, 5.41) is 0. The Labute approximate surface area is 122 Å². The van der Waals surface area contributed by atoms with Gasteiger partial charge < -0.3 is 9.64 Å². The number of benzene rings is 1. The van der Waals surface area contributed by atoms with E-state index in [1.807, 2.05) is 0 Å². The van der Waals surface area contributed by atoms with E-state index in [4.69, 9.17) is 4.74 Å². The van der Waals surface area contributed by atoms with Crippen molar-refractivity contribution in [3.63, 3.8) is 0 Å². The van der Waals surface area contributed by atoms with Gasteiger partial charge in [0.25, 0.3) is 5.91 Å². The van der Waals surface area contributed by atoms with Gasteiger partial charge in [-0.1, -0.05) is 6.07 Å². The molecule has 0 bridgehead atoms.